The molecule has 2 N–H and O–H groups in total. The number of likely N-dealkylation sites (N-methyl/N-ethyl adjacent to an activating group) is 1. The number of hydrogen-bond acceptors (Lipinski definition) is 7. The second kappa shape index (κ2) is 10.9. The monoisotopic (exact) mass is 497 g/mol. The maximum atomic E-state index is 12.7. The Morgan fingerprint density at radius 3 is 2.71 bits per heavy atom. The van der Waals surface area contributed by atoms with E-state index in [2.05, 4.69) is 15.3 Å². The van der Waals surface area contributed by atoms with Gasteiger partial charge in [-0.05, 0) is 50.1 Å². The van der Waals surface area contributed by atoms with Gasteiger partial charge in [-0.15, -0.1) is 0 Å². The molecule has 0 spiro atoms. The van der Waals surface area contributed by atoms with Gasteiger partial charge in [0.15, 0.2) is 6.10 Å². The van der Waals surface area contributed by atoms with Crippen molar-refractivity contribution in [1.29, 1.82) is 0 Å². The summed E-state index contributed by atoms with van der Waals surface area (Å²) in [6.07, 6.45) is 2.67. The minimum Gasteiger partial charge on any atom is -0.480 e. The van der Waals surface area contributed by atoms with Gasteiger partial charge in [0, 0.05) is 32.4 Å². The number of nitrogens with one attached hydrogen (secondary N) is 1. The molecule has 0 aliphatic carbocycles. The number of aromatic nitrogens is 2. The number of benzene rings is 2. The molecule has 2 amide bonds. The molecule has 1 aromatic heterocycles. The van der Waals surface area contributed by atoms with E-state index in [1.54, 1.807) is 44.3 Å². The Bertz CT molecular complexity index is 1230. The van der Waals surface area contributed by atoms with Gasteiger partial charge in [-0.3, -0.25) is 9.59 Å². The van der Waals surface area contributed by atoms with Crippen LogP contribution in [0.5, 0.6) is 5.75 Å². The van der Waals surface area contributed by atoms with Crippen molar-refractivity contribution in [2.75, 3.05) is 38.6 Å². The van der Waals surface area contributed by atoms with E-state index < -0.39 is 6.10 Å². The molecule has 0 unspecified atom stereocenters. The molecule has 9 nitrogen and oxygen atoms in total. The second-order valence-corrected chi connectivity index (χ2v) is 8.84. The molecule has 0 radical (unpaired) electrons. The fourth-order valence-electron chi connectivity index (χ4n) is 4.08. The number of nitrogens with zero attached hydrogens (tertiary/aromatic N) is 4. The molecule has 1 aliphatic rings. The van der Waals surface area contributed by atoms with Gasteiger partial charge in [-0.2, -0.15) is 0 Å². The second-order valence-electron chi connectivity index (χ2n) is 8.43. The van der Waals surface area contributed by atoms with Crippen LogP contribution in [0.4, 0.5) is 11.5 Å². The number of aliphatic hydroxyl groups excluding tert-OH is 1. The highest BCUT2D eigenvalue weighted by Crippen LogP contribution is 2.33. The average Bonchev–Trinajstić information content (AvgIpc) is 3.39. The number of carbonyl (C=O) groups excluding carboxylic acids is 2. The molecule has 4 rings (SSSR count). The number of halogens is 1. The van der Waals surface area contributed by atoms with Gasteiger partial charge in [-0.1, -0.05) is 17.7 Å². The first kappa shape index (κ1) is 24.7. The number of ether oxygens (including phenoxy) is 1. The van der Waals surface area contributed by atoms with Crippen LogP contribution in [0.15, 0.2) is 42.7 Å². The van der Waals surface area contributed by atoms with Crippen molar-refractivity contribution < 1.29 is 19.4 Å². The van der Waals surface area contributed by atoms with Crippen LogP contribution in [-0.2, 0) is 4.79 Å². The van der Waals surface area contributed by atoms with Crippen molar-refractivity contribution in [3.8, 4) is 5.75 Å². The Balaban J connectivity index is 1.60. The summed E-state index contributed by atoms with van der Waals surface area (Å²) in [5.74, 6) is 0.596. The first-order chi connectivity index (χ1) is 16.9. The Morgan fingerprint density at radius 1 is 1.23 bits per heavy atom. The third-order valence-electron chi connectivity index (χ3n) is 5.94. The van der Waals surface area contributed by atoms with Gasteiger partial charge in [0.1, 0.15) is 17.9 Å². The zero-order valence-corrected chi connectivity index (χ0v) is 20.5. The molecule has 1 aliphatic heterocycles. The number of carbonyl (C=O) groups is 2. The van der Waals surface area contributed by atoms with Gasteiger partial charge in [-0.25, -0.2) is 9.97 Å². The van der Waals surface area contributed by atoms with Gasteiger partial charge in [0.25, 0.3) is 11.8 Å². The van der Waals surface area contributed by atoms with Gasteiger partial charge >= 0.3 is 0 Å². The Labute approximate surface area is 208 Å². The van der Waals surface area contributed by atoms with E-state index in [9.17, 15) is 9.59 Å². The van der Waals surface area contributed by atoms with Gasteiger partial charge in [0.05, 0.1) is 28.1 Å². The molecule has 2 heterocycles. The van der Waals surface area contributed by atoms with Crippen LogP contribution < -0.4 is 10.1 Å². The lowest BCUT2D eigenvalue weighted by atomic mass is 10.1. The number of amides is 2. The molecular weight excluding hydrogens is 470 g/mol. The zero-order valence-electron chi connectivity index (χ0n) is 19.7. The maximum Gasteiger partial charge on any atom is 0.263 e. The normalized spacial score (nSPS) is 14.1. The third kappa shape index (κ3) is 5.47. The van der Waals surface area contributed by atoms with Gasteiger partial charge < -0.3 is 25.0 Å². The smallest absolute Gasteiger partial charge is 0.263 e. The van der Waals surface area contributed by atoms with E-state index in [1.165, 1.54) is 11.2 Å². The van der Waals surface area contributed by atoms with Gasteiger partial charge in [0.2, 0.25) is 0 Å². The number of aliphatic hydroxyl groups is 1. The quantitative estimate of drug-likeness (QED) is 0.490. The summed E-state index contributed by atoms with van der Waals surface area (Å²) in [6, 6.07) is 10.5. The summed E-state index contributed by atoms with van der Waals surface area (Å²) in [5.41, 5.74) is 1.75. The summed E-state index contributed by atoms with van der Waals surface area (Å²) in [7, 11) is 1.61. The van der Waals surface area contributed by atoms with E-state index in [1.807, 2.05) is 11.0 Å². The van der Waals surface area contributed by atoms with Crippen LogP contribution >= 0.6 is 11.6 Å². The summed E-state index contributed by atoms with van der Waals surface area (Å²) < 4.78 is 6.00. The van der Waals surface area contributed by atoms with Crippen molar-refractivity contribution in [2.45, 2.75) is 25.9 Å². The molecular formula is C25H28ClN5O4. The van der Waals surface area contributed by atoms with E-state index in [0.717, 1.165) is 25.9 Å². The molecule has 2 aromatic carbocycles. The molecule has 1 atom stereocenters. The molecule has 10 heteroatoms. The number of anilines is 2. The minimum absolute atomic E-state index is 0.0629. The van der Waals surface area contributed by atoms with Crippen LogP contribution in [0.25, 0.3) is 10.9 Å². The molecule has 0 bridgehead atoms. The Morgan fingerprint density at radius 2 is 2.00 bits per heavy atom. The highest BCUT2D eigenvalue weighted by molar-refractivity contribution is 6.34. The van der Waals surface area contributed by atoms with Crippen molar-refractivity contribution in [1.82, 2.24) is 19.8 Å². The van der Waals surface area contributed by atoms with Crippen molar-refractivity contribution >= 4 is 45.8 Å². The van der Waals surface area contributed by atoms with Crippen LogP contribution in [0.1, 0.15) is 30.1 Å². The standard InChI is InChI=1S/C25H28ClN5O4/c1-16(24(33)30(2)12-13-32)35-21-7-5-6-20-22(21)23(28-15-27-20)29-17-8-9-18(19(26)14-17)25(34)31-10-3-4-11-31/h5-9,14-16,32H,3-4,10-13H2,1-2H3,(H,27,28,29)/t16-/m1/s1. The van der Waals surface area contributed by atoms with E-state index in [-0.39, 0.29) is 25.0 Å². The maximum absolute atomic E-state index is 12.7. The van der Waals surface area contributed by atoms with Crippen molar-refractivity contribution in [3.63, 3.8) is 0 Å². The third-order valence-corrected chi connectivity index (χ3v) is 6.26. The largest absolute Gasteiger partial charge is 0.480 e. The summed E-state index contributed by atoms with van der Waals surface area (Å²) in [5, 5.41) is 13.3. The van der Waals surface area contributed by atoms with Crippen molar-refractivity contribution in [2.24, 2.45) is 0 Å². The SMILES string of the molecule is C[C@@H](Oc1cccc2ncnc(Nc3ccc(C(=O)N4CCCC4)c(Cl)c3)c12)C(=O)N(C)CCO. The number of rotatable bonds is 8. The van der Waals surface area contributed by atoms with E-state index in [0.29, 0.717) is 38.7 Å². The van der Waals surface area contributed by atoms with Crippen LogP contribution in [-0.4, -0.2) is 76.1 Å². The van der Waals surface area contributed by atoms with Crippen molar-refractivity contribution in [3.05, 3.63) is 53.3 Å². The first-order valence-electron chi connectivity index (χ1n) is 11.5. The first-order valence-corrected chi connectivity index (χ1v) is 11.9. The number of likely N-dealkylation sites (tertiary alicyclic amines) is 1. The lowest BCUT2D eigenvalue weighted by molar-refractivity contribution is -0.137. The predicted octanol–water partition coefficient (Wildman–Crippen LogP) is 3.48. The summed E-state index contributed by atoms with van der Waals surface area (Å²) in [4.78, 5) is 37.2. The molecule has 1 saturated heterocycles. The topological polar surface area (TPSA) is 108 Å². The van der Waals surface area contributed by atoms with E-state index >= 15 is 0 Å². The molecule has 184 valence electrons. The van der Waals surface area contributed by atoms with Crippen LogP contribution in [0.3, 0.4) is 0 Å². The fraction of sp³-hybridized carbons (Fsp3) is 0.360. The molecule has 3 aromatic rings. The Kier molecular flexibility index (Phi) is 7.67. The summed E-state index contributed by atoms with van der Waals surface area (Å²) >= 11 is 6.47. The fourth-order valence-corrected chi connectivity index (χ4v) is 4.34. The predicted molar refractivity (Wildman–Crippen MR) is 134 cm³/mol. The highest BCUT2D eigenvalue weighted by atomic mass is 35.5. The molecule has 1 fully saturated rings. The zero-order chi connectivity index (χ0) is 24.9. The Hall–Kier alpha value is -3.43. The highest BCUT2D eigenvalue weighted by Gasteiger charge is 2.23. The summed E-state index contributed by atoms with van der Waals surface area (Å²) in [6.45, 7) is 3.25. The number of hydrogen-bond donors (Lipinski definition) is 2. The van der Waals surface area contributed by atoms with Crippen LogP contribution in [0.2, 0.25) is 5.02 Å². The number of fused-ring (bicyclic) bond motifs is 1. The van der Waals surface area contributed by atoms with E-state index in [4.69, 9.17) is 21.4 Å². The molecule has 0 saturated carbocycles. The lowest BCUT2D eigenvalue weighted by Crippen LogP contribution is -2.39. The van der Waals surface area contributed by atoms with Crippen LogP contribution in [0, 0.1) is 0 Å². The minimum atomic E-state index is -0.782. The lowest BCUT2D eigenvalue weighted by Gasteiger charge is -2.22. The average molecular weight is 498 g/mol. The molecule has 35 heavy (non-hydrogen) atoms.